The van der Waals surface area contributed by atoms with Gasteiger partial charge in [0.25, 0.3) is 10.0 Å². The molecule has 0 aromatic heterocycles. The number of hydrogen-bond acceptors (Lipinski definition) is 4. The van der Waals surface area contributed by atoms with Crippen LogP contribution < -0.4 is 9.44 Å². The summed E-state index contributed by atoms with van der Waals surface area (Å²) in [5.74, 6) is 0. The molecule has 3 rings (SSSR count). The first kappa shape index (κ1) is 18.6. The summed E-state index contributed by atoms with van der Waals surface area (Å²) in [5, 5.41) is 0. The topological polar surface area (TPSA) is 92.3 Å². The van der Waals surface area contributed by atoms with Crippen LogP contribution in [0.4, 0.5) is 5.69 Å². The number of halogens is 1. The zero-order valence-corrected chi connectivity index (χ0v) is 17.2. The van der Waals surface area contributed by atoms with E-state index >= 15 is 0 Å². The molecule has 1 aliphatic rings. The SMILES string of the molecule is Cc1cc(I)ccc1NS(=O)(=O)c1cccc(S(=O)(=O)NC2CC2)c1. The predicted octanol–water partition coefficient (Wildman–Crippen LogP) is 2.84. The summed E-state index contributed by atoms with van der Waals surface area (Å²) in [6.45, 7) is 1.81. The quantitative estimate of drug-likeness (QED) is 0.607. The first-order valence-corrected chi connectivity index (χ1v) is 11.6. The molecule has 6 nitrogen and oxygen atoms in total. The normalized spacial score (nSPS) is 15.1. The molecule has 1 aliphatic carbocycles. The Labute approximate surface area is 161 Å². The van der Waals surface area contributed by atoms with Gasteiger partial charge >= 0.3 is 0 Å². The van der Waals surface area contributed by atoms with Crippen molar-refractivity contribution in [2.24, 2.45) is 0 Å². The summed E-state index contributed by atoms with van der Waals surface area (Å²) in [5.41, 5.74) is 1.25. The Morgan fingerprint density at radius 2 is 1.60 bits per heavy atom. The Balaban J connectivity index is 1.91. The zero-order chi connectivity index (χ0) is 18.2. The lowest BCUT2D eigenvalue weighted by molar-refractivity contribution is 0.580. The van der Waals surface area contributed by atoms with Gasteiger partial charge in [0, 0.05) is 9.61 Å². The Hall–Kier alpha value is -1.17. The molecule has 0 heterocycles. The molecule has 0 radical (unpaired) electrons. The van der Waals surface area contributed by atoms with Crippen LogP contribution in [0.15, 0.2) is 52.3 Å². The molecule has 0 unspecified atom stereocenters. The lowest BCUT2D eigenvalue weighted by Gasteiger charge is -2.12. The minimum absolute atomic E-state index is 0.0437. The molecule has 0 amide bonds. The van der Waals surface area contributed by atoms with E-state index in [2.05, 4.69) is 32.0 Å². The molecule has 134 valence electrons. The first-order valence-electron chi connectivity index (χ1n) is 7.59. The average molecular weight is 492 g/mol. The van der Waals surface area contributed by atoms with Gasteiger partial charge in [-0.05, 0) is 84.3 Å². The van der Waals surface area contributed by atoms with Crippen molar-refractivity contribution < 1.29 is 16.8 Å². The molecule has 0 aliphatic heterocycles. The molecule has 0 saturated heterocycles. The molecule has 25 heavy (non-hydrogen) atoms. The van der Waals surface area contributed by atoms with Gasteiger partial charge in [-0.15, -0.1) is 0 Å². The highest BCUT2D eigenvalue weighted by Gasteiger charge is 2.28. The Kier molecular flexibility index (Phi) is 5.11. The van der Waals surface area contributed by atoms with E-state index in [0.29, 0.717) is 5.69 Å². The van der Waals surface area contributed by atoms with Crippen LogP contribution in [0.2, 0.25) is 0 Å². The summed E-state index contributed by atoms with van der Waals surface area (Å²) in [6.07, 6.45) is 1.62. The Morgan fingerprint density at radius 1 is 0.960 bits per heavy atom. The van der Waals surface area contributed by atoms with Gasteiger partial charge in [0.2, 0.25) is 10.0 Å². The molecule has 0 atom stereocenters. The minimum Gasteiger partial charge on any atom is -0.279 e. The molecular formula is C16H17IN2O4S2. The van der Waals surface area contributed by atoms with Crippen molar-refractivity contribution in [3.8, 4) is 0 Å². The molecular weight excluding hydrogens is 475 g/mol. The van der Waals surface area contributed by atoms with Crippen LogP contribution in [0.3, 0.4) is 0 Å². The van der Waals surface area contributed by atoms with Gasteiger partial charge in [0.15, 0.2) is 0 Å². The minimum atomic E-state index is -3.89. The number of hydrogen-bond donors (Lipinski definition) is 2. The second kappa shape index (κ2) is 6.86. The molecule has 0 bridgehead atoms. The first-order chi connectivity index (χ1) is 11.7. The molecule has 2 aromatic carbocycles. The van der Waals surface area contributed by atoms with Crippen LogP contribution in [0, 0.1) is 10.5 Å². The summed E-state index contributed by atoms with van der Waals surface area (Å²) in [4.78, 5) is -0.147. The molecule has 1 saturated carbocycles. The van der Waals surface area contributed by atoms with E-state index in [1.807, 2.05) is 6.07 Å². The van der Waals surface area contributed by atoms with Crippen LogP contribution in [-0.2, 0) is 20.0 Å². The van der Waals surface area contributed by atoms with Crippen LogP contribution in [0.25, 0.3) is 0 Å². The zero-order valence-electron chi connectivity index (χ0n) is 13.4. The molecule has 1 fully saturated rings. The Morgan fingerprint density at radius 3 is 2.20 bits per heavy atom. The molecule has 0 spiro atoms. The van der Waals surface area contributed by atoms with E-state index in [-0.39, 0.29) is 15.8 Å². The fraction of sp³-hybridized carbons (Fsp3) is 0.250. The van der Waals surface area contributed by atoms with E-state index in [9.17, 15) is 16.8 Å². The van der Waals surface area contributed by atoms with E-state index < -0.39 is 20.0 Å². The third kappa shape index (κ3) is 4.52. The van der Waals surface area contributed by atoms with E-state index in [1.54, 1.807) is 19.1 Å². The molecule has 2 aromatic rings. The van der Waals surface area contributed by atoms with Crippen LogP contribution in [-0.4, -0.2) is 22.9 Å². The van der Waals surface area contributed by atoms with Gasteiger partial charge in [0.1, 0.15) is 0 Å². The van der Waals surface area contributed by atoms with Crippen LogP contribution in [0.1, 0.15) is 18.4 Å². The third-order valence-electron chi connectivity index (χ3n) is 3.76. The summed E-state index contributed by atoms with van der Waals surface area (Å²) >= 11 is 2.15. The van der Waals surface area contributed by atoms with Crippen molar-refractivity contribution in [3.63, 3.8) is 0 Å². The number of nitrogens with one attached hydrogen (secondary N) is 2. The largest absolute Gasteiger partial charge is 0.279 e. The van der Waals surface area contributed by atoms with E-state index in [1.165, 1.54) is 24.3 Å². The van der Waals surface area contributed by atoms with Gasteiger partial charge in [0.05, 0.1) is 15.5 Å². The number of anilines is 1. The van der Waals surface area contributed by atoms with Gasteiger partial charge in [-0.1, -0.05) is 6.07 Å². The maximum absolute atomic E-state index is 12.6. The maximum Gasteiger partial charge on any atom is 0.261 e. The fourth-order valence-corrected chi connectivity index (χ4v) is 5.49. The number of aryl methyl sites for hydroxylation is 1. The van der Waals surface area contributed by atoms with Crippen molar-refractivity contribution in [2.75, 3.05) is 4.72 Å². The van der Waals surface area contributed by atoms with Crippen molar-refractivity contribution >= 4 is 48.3 Å². The molecule has 2 N–H and O–H groups in total. The van der Waals surface area contributed by atoms with Crippen molar-refractivity contribution in [3.05, 3.63) is 51.6 Å². The van der Waals surface area contributed by atoms with Crippen molar-refractivity contribution in [1.29, 1.82) is 0 Å². The third-order valence-corrected chi connectivity index (χ3v) is 7.31. The monoisotopic (exact) mass is 492 g/mol. The Bertz CT molecular complexity index is 1020. The lowest BCUT2D eigenvalue weighted by atomic mass is 10.2. The second-order valence-electron chi connectivity index (χ2n) is 5.94. The highest BCUT2D eigenvalue weighted by molar-refractivity contribution is 14.1. The molecule has 9 heteroatoms. The second-order valence-corrected chi connectivity index (χ2v) is 10.6. The lowest BCUT2D eigenvalue weighted by Crippen LogP contribution is -2.26. The standard InChI is InChI=1S/C16H17IN2O4S2/c1-11-9-12(17)5-8-16(11)19-25(22,23)15-4-2-3-14(10-15)24(20,21)18-13-6-7-13/h2-5,8-10,13,18-19H,6-7H2,1H3. The van der Waals surface area contributed by atoms with Gasteiger partial charge in [-0.3, -0.25) is 4.72 Å². The summed E-state index contributed by atoms with van der Waals surface area (Å²) < 4.78 is 55.9. The number of rotatable bonds is 6. The van der Waals surface area contributed by atoms with Crippen LogP contribution >= 0.6 is 22.6 Å². The fourth-order valence-electron chi connectivity index (χ4n) is 2.24. The highest BCUT2D eigenvalue weighted by atomic mass is 127. The smallest absolute Gasteiger partial charge is 0.261 e. The van der Waals surface area contributed by atoms with Crippen LogP contribution in [0.5, 0.6) is 0 Å². The average Bonchev–Trinajstić information content (AvgIpc) is 3.33. The highest BCUT2D eigenvalue weighted by Crippen LogP contribution is 2.25. The van der Waals surface area contributed by atoms with Gasteiger partial charge in [-0.2, -0.15) is 0 Å². The van der Waals surface area contributed by atoms with Crippen molar-refractivity contribution in [2.45, 2.75) is 35.6 Å². The summed E-state index contributed by atoms with van der Waals surface area (Å²) in [7, 11) is -7.60. The van der Waals surface area contributed by atoms with Gasteiger partial charge in [-0.25, -0.2) is 21.6 Å². The number of sulfonamides is 2. The van der Waals surface area contributed by atoms with Crippen molar-refractivity contribution in [1.82, 2.24) is 4.72 Å². The summed E-state index contributed by atoms with van der Waals surface area (Å²) in [6, 6.07) is 10.7. The predicted molar refractivity (Wildman–Crippen MR) is 104 cm³/mol. The number of benzene rings is 2. The van der Waals surface area contributed by atoms with E-state index in [0.717, 1.165) is 22.0 Å². The maximum atomic E-state index is 12.6. The van der Waals surface area contributed by atoms with E-state index in [4.69, 9.17) is 0 Å². The van der Waals surface area contributed by atoms with Gasteiger partial charge < -0.3 is 0 Å².